The number of hydrogen-bond donors (Lipinski definition) is 0. The molecule has 0 rings (SSSR count). The minimum Gasteiger partial charge on any atom is -0.466 e. The van der Waals surface area contributed by atoms with E-state index in [1.165, 1.54) is 83.5 Å². The third-order valence-corrected chi connectivity index (χ3v) is 7.60. The molecule has 1 atom stereocenters. The van der Waals surface area contributed by atoms with Crippen molar-refractivity contribution in [3.05, 3.63) is 0 Å². The average molecular weight is 525 g/mol. The first kappa shape index (κ1) is 35.9. The molecule has 0 aromatic carbocycles. The van der Waals surface area contributed by atoms with Crippen molar-refractivity contribution in [3.63, 3.8) is 0 Å². The molecule has 0 aromatic heterocycles. The molecular weight excluding hydrogens is 460 g/mol. The van der Waals surface area contributed by atoms with Crippen molar-refractivity contribution < 1.29 is 19.1 Å². The lowest BCUT2D eigenvalue weighted by Gasteiger charge is -2.20. The highest BCUT2D eigenvalue weighted by Crippen LogP contribution is 2.23. The van der Waals surface area contributed by atoms with E-state index in [1.807, 2.05) is 0 Å². The van der Waals surface area contributed by atoms with Gasteiger partial charge in [0.1, 0.15) is 0 Å². The van der Waals surface area contributed by atoms with Gasteiger partial charge in [0.2, 0.25) is 0 Å². The molecule has 0 aliphatic rings. The molecule has 0 N–H and O–H groups in total. The Morgan fingerprint density at radius 3 is 1.35 bits per heavy atom. The minimum absolute atomic E-state index is 0.00453. The van der Waals surface area contributed by atoms with Crippen molar-refractivity contribution >= 4 is 11.9 Å². The van der Waals surface area contributed by atoms with Crippen molar-refractivity contribution in [2.24, 2.45) is 11.8 Å². The molecule has 0 saturated carbocycles. The zero-order chi connectivity index (χ0) is 27.4. The summed E-state index contributed by atoms with van der Waals surface area (Å²) in [4.78, 5) is 23.7. The molecule has 4 heteroatoms. The maximum Gasteiger partial charge on any atom is 0.306 e. The normalized spacial score (nSPS) is 12.1. The predicted molar refractivity (Wildman–Crippen MR) is 158 cm³/mol. The molecule has 37 heavy (non-hydrogen) atoms. The van der Waals surface area contributed by atoms with Crippen molar-refractivity contribution in [1.29, 1.82) is 0 Å². The molecule has 0 fully saturated rings. The van der Waals surface area contributed by atoms with Crippen molar-refractivity contribution in [2.45, 2.75) is 175 Å². The van der Waals surface area contributed by atoms with Crippen LogP contribution in [0.4, 0.5) is 0 Å². The van der Waals surface area contributed by atoms with E-state index in [1.54, 1.807) is 0 Å². The van der Waals surface area contributed by atoms with Crippen molar-refractivity contribution in [2.75, 3.05) is 13.2 Å². The van der Waals surface area contributed by atoms with Crippen LogP contribution in [0.2, 0.25) is 0 Å². The third kappa shape index (κ3) is 26.3. The van der Waals surface area contributed by atoms with Crippen molar-refractivity contribution in [1.82, 2.24) is 0 Å². The zero-order valence-corrected chi connectivity index (χ0v) is 25.5. The SMILES string of the molecule is CCCCCOC(=O)CCCCCCCCCCCCCCCCC(CC(=O)OCCCCC)C(C)C. The second kappa shape index (κ2) is 28.0. The van der Waals surface area contributed by atoms with Gasteiger partial charge < -0.3 is 9.47 Å². The van der Waals surface area contributed by atoms with Gasteiger partial charge in [0, 0.05) is 12.8 Å². The minimum atomic E-state index is -0.00838. The van der Waals surface area contributed by atoms with Crippen LogP contribution in [0.5, 0.6) is 0 Å². The van der Waals surface area contributed by atoms with E-state index in [4.69, 9.17) is 9.47 Å². The van der Waals surface area contributed by atoms with E-state index in [0.717, 1.165) is 51.4 Å². The Morgan fingerprint density at radius 2 is 0.919 bits per heavy atom. The Morgan fingerprint density at radius 1 is 0.514 bits per heavy atom. The van der Waals surface area contributed by atoms with Crippen LogP contribution in [0.3, 0.4) is 0 Å². The van der Waals surface area contributed by atoms with Gasteiger partial charge in [-0.15, -0.1) is 0 Å². The summed E-state index contributed by atoms with van der Waals surface area (Å²) in [6, 6.07) is 0. The van der Waals surface area contributed by atoms with E-state index in [-0.39, 0.29) is 11.9 Å². The van der Waals surface area contributed by atoms with Gasteiger partial charge in [-0.2, -0.15) is 0 Å². The van der Waals surface area contributed by atoms with E-state index < -0.39 is 0 Å². The maximum absolute atomic E-state index is 12.1. The smallest absolute Gasteiger partial charge is 0.306 e. The maximum atomic E-state index is 12.1. The highest BCUT2D eigenvalue weighted by molar-refractivity contribution is 5.69. The van der Waals surface area contributed by atoms with Crippen LogP contribution in [0.15, 0.2) is 0 Å². The van der Waals surface area contributed by atoms with E-state index >= 15 is 0 Å². The van der Waals surface area contributed by atoms with Crippen LogP contribution in [0.25, 0.3) is 0 Å². The Kier molecular flexibility index (Phi) is 27.2. The summed E-state index contributed by atoms with van der Waals surface area (Å²) in [7, 11) is 0. The number of carbonyl (C=O) groups excluding carboxylic acids is 2. The summed E-state index contributed by atoms with van der Waals surface area (Å²) < 4.78 is 10.7. The molecule has 0 radical (unpaired) electrons. The van der Waals surface area contributed by atoms with Crippen molar-refractivity contribution in [3.8, 4) is 0 Å². The lowest BCUT2D eigenvalue weighted by Crippen LogP contribution is -2.17. The molecule has 220 valence electrons. The van der Waals surface area contributed by atoms with Gasteiger partial charge >= 0.3 is 11.9 Å². The van der Waals surface area contributed by atoms with Crippen LogP contribution < -0.4 is 0 Å². The van der Waals surface area contributed by atoms with E-state index in [0.29, 0.717) is 37.9 Å². The quantitative estimate of drug-likeness (QED) is 0.0754. The molecule has 0 amide bonds. The highest BCUT2D eigenvalue weighted by Gasteiger charge is 2.18. The molecule has 0 saturated heterocycles. The first-order chi connectivity index (χ1) is 18.0. The number of ether oxygens (including phenoxy) is 2. The summed E-state index contributed by atoms with van der Waals surface area (Å²) >= 11 is 0. The van der Waals surface area contributed by atoms with Gasteiger partial charge in [-0.05, 0) is 37.5 Å². The molecule has 0 bridgehead atoms. The fourth-order valence-electron chi connectivity index (χ4n) is 4.89. The number of carbonyl (C=O) groups is 2. The molecule has 0 aromatic rings. The van der Waals surface area contributed by atoms with E-state index in [9.17, 15) is 9.59 Å². The first-order valence-corrected chi connectivity index (χ1v) is 16.3. The predicted octanol–water partition coefficient (Wildman–Crippen LogP) is 10.4. The number of esters is 2. The lowest BCUT2D eigenvalue weighted by molar-refractivity contribution is -0.145. The third-order valence-electron chi connectivity index (χ3n) is 7.60. The number of unbranched alkanes of at least 4 members (excludes halogenated alkanes) is 17. The van der Waals surface area contributed by atoms with E-state index in [2.05, 4.69) is 27.7 Å². The summed E-state index contributed by atoms with van der Waals surface area (Å²) in [6.07, 6.45) is 27.1. The Labute approximate surface area is 231 Å². The monoisotopic (exact) mass is 524 g/mol. The van der Waals surface area contributed by atoms with Gasteiger partial charge in [0.05, 0.1) is 13.2 Å². The summed E-state index contributed by atoms with van der Waals surface area (Å²) in [5.41, 5.74) is 0. The molecule has 4 nitrogen and oxygen atoms in total. The van der Waals surface area contributed by atoms with Gasteiger partial charge in [0.25, 0.3) is 0 Å². The van der Waals surface area contributed by atoms with Crippen LogP contribution in [-0.4, -0.2) is 25.2 Å². The number of hydrogen-bond acceptors (Lipinski definition) is 4. The van der Waals surface area contributed by atoms with Crippen LogP contribution in [0, 0.1) is 11.8 Å². The molecule has 0 aliphatic carbocycles. The Hall–Kier alpha value is -1.06. The summed E-state index contributed by atoms with van der Waals surface area (Å²) in [5, 5.41) is 0. The van der Waals surface area contributed by atoms with Gasteiger partial charge in [-0.25, -0.2) is 0 Å². The number of rotatable bonds is 28. The molecule has 0 aliphatic heterocycles. The van der Waals surface area contributed by atoms with Crippen LogP contribution in [-0.2, 0) is 19.1 Å². The second-order valence-electron chi connectivity index (χ2n) is 11.6. The Balaban J connectivity index is 3.44. The fraction of sp³-hybridized carbons (Fsp3) is 0.939. The lowest BCUT2D eigenvalue weighted by atomic mass is 9.87. The van der Waals surface area contributed by atoms with Gasteiger partial charge in [0.15, 0.2) is 0 Å². The molecule has 0 heterocycles. The zero-order valence-electron chi connectivity index (χ0n) is 25.5. The Bertz CT molecular complexity index is 503. The summed E-state index contributed by atoms with van der Waals surface area (Å²) in [5.74, 6) is 1.01. The topological polar surface area (TPSA) is 52.6 Å². The van der Waals surface area contributed by atoms with Gasteiger partial charge in [-0.3, -0.25) is 9.59 Å². The molecule has 1 unspecified atom stereocenters. The average Bonchev–Trinajstić information content (AvgIpc) is 2.88. The van der Waals surface area contributed by atoms with Crippen LogP contribution >= 0.6 is 0 Å². The fourth-order valence-corrected chi connectivity index (χ4v) is 4.89. The van der Waals surface area contributed by atoms with Crippen LogP contribution in [0.1, 0.15) is 175 Å². The molecule has 0 spiro atoms. The summed E-state index contributed by atoms with van der Waals surface area (Å²) in [6.45, 7) is 10.0. The standard InChI is InChI=1S/C33H64O4/c1-5-7-23-27-36-32(34)26-22-20-18-16-14-12-10-9-11-13-15-17-19-21-25-31(30(3)4)29-33(35)37-28-24-8-6-2/h30-31H,5-29H2,1-4H3. The van der Waals surface area contributed by atoms with Gasteiger partial charge in [-0.1, -0.05) is 137 Å². The second-order valence-corrected chi connectivity index (χ2v) is 11.6. The largest absolute Gasteiger partial charge is 0.466 e. The molecular formula is C33H64O4. The highest BCUT2D eigenvalue weighted by atomic mass is 16.5. The first-order valence-electron chi connectivity index (χ1n) is 16.3.